The highest BCUT2D eigenvalue weighted by molar-refractivity contribution is 7.97. The monoisotopic (exact) mass is 508 g/mol. The van der Waals surface area contributed by atoms with Crippen LogP contribution < -0.4 is 4.31 Å². The molecule has 0 radical (unpaired) electrons. The van der Waals surface area contributed by atoms with Crippen LogP contribution >= 0.6 is 0 Å². The summed E-state index contributed by atoms with van der Waals surface area (Å²) in [6.07, 6.45) is 0. The van der Waals surface area contributed by atoms with E-state index in [0.717, 1.165) is 16.7 Å². The van der Waals surface area contributed by atoms with E-state index in [2.05, 4.69) is 0 Å². The van der Waals surface area contributed by atoms with Gasteiger partial charge < -0.3 is 4.90 Å². The highest BCUT2D eigenvalue weighted by Crippen LogP contribution is 2.43. The van der Waals surface area contributed by atoms with Crippen molar-refractivity contribution in [3.8, 4) is 0 Å². The van der Waals surface area contributed by atoms with Crippen molar-refractivity contribution in [2.45, 2.75) is 20.0 Å². The van der Waals surface area contributed by atoms with E-state index in [1.165, 1.54) is 4.31 Å². The highest BCUT2D eigenvalue weighted by atomic mass is 32.2. The summed E-state index contributed by atoms with van der Waals surface area (Å²) in [6, 6.07) is 36.0. The Morgan fingerprint density at radius 2 is 1.19 bits per heavy atom. The van der Waals surface area contributed by atoms with Gasteiger partial charge in [0.2, 0.25) is 0 Å². The van der Waals surface area contributed by atoms with E-state index >= 15 is 0 Å². The van der Waals surface area contributed by atoms with Crippen molar-refractivity contribution < 1.29 is 13.2 Å². The molecule has 0 atom stereocenters. The maximum atomic E-state index is 14.4. The number of fused-ring (bicyclic) bond motifs is 1. The molecular weight excluding hydrogens is 480 g/mol. The Bertz CT molecular complexity index is 1490. The van der Waals surface area contributed by atoms with Crippen molar-refractivity contribution >= 4 is 27.2 Å². The molecule has 4 aromatic carbocycles. The molecular formula is C31H28N2O3S. The molecule has 5 nitrogen and oxygen atoms in total. The van der Waals surface area contributed by atoms with Gasteiger partial charge in [-0.2, -0.15) is 0 Å². The van der Waals surface area contributed by atoms with Gasteiger partial charge in [0.05, 0.1) is 5.69 Å². The fourth-order valence-electron chi connectivity index (χ4n) is 4.79. The Morgan fingerprint density at radius 1 is 0.703 bits per heavy atom. The second kappa shape index (κ2) is 10.4. The van der Waals surface area contributed by atoms with E-state index in [-0.39, 0.29) is 24.5 Å². The third-order valence-electron chi connectivity index (χ3n) is 6.48. The quantitative estimate of drug-likeness (QED) is 0.315. The van der Waals surface area contributed by atoms with Gasteiger partial charge in [-0.3, -0.25) is 9.10 Å². The Morgan fingerprint density at radius 3 is 1.73 bits per heavy atom. The van der Waals surface area contributed by atoms with Gasteiger partial charge in [-0.15, -0.1) is 0 Å². The number of amides is 1. The van der Waals surface area contributed by atoms with Gasteiger partial charge in [-0.1, -0.05) is 109 Å². The van der Waals surface area contributed by atoms with Crippen molar-refractivity contribution in [3.63, 3.8) is 0 Å². The number of hydrogen-bond donors (Lipinski definition) is 0. The molecule has 37 heavy (non-hydrogen) atoms. The zero-order valence-electron chi connectivity index (χ0n) is 20.6. The largest absolute Gasteiger partial charge is 0.329 e. The molecule has 0 saturated heterocycles. The SMILES string of the molecule is CCN1c2ccccc2C(c2ccccc2)=C(C(=O)N(Cc2ccccc2)Cc2ccccc2)S1(=O)=O. The lowest BCUT2D eigenvalue weighted by Crippen LogP contribution is -2.42. The van der Waals surface area contributed by atoms with E-state index in [9.17, 15) is 13.2 Å². The van der Waals surface area contributed by atoms with Crippen molar-refractivity contribution in [1.82, 2.24) is 4.90 Å². The number of nitrogens with zero attached hydrogens (tertiary/aromatic N) is 2. The number of sulfonamides is 1. The molecule has 1 heterocycles. The molecule has 186 valence electrons. The first-order chi connectivity index (χ1) is 18.0. The number of hydrogen-bond acceptors (Lipinski definition) is 3. The molecule has 0 spiro atoms. The van der Waals surface area contributed by atoms with Crippen molar-refractivity contribution in [2.24, 2.45) is 0 Å². The summed E-state index contributed by atoms with van der Waals surface area (Å²) in [5, 5.41) is 0. The number of anilines is 1. The van der Waals surface area contributed by atoms with Gasteiger partial charge in [-0.25, -0.2) is 8.42 Å². The van der Waals surface area contributed by atoms with E-state index in [1.54, 1.807) is 17.9 Å². The lowest BCUT2D eigenvalue weighted by Gasteiger charge is -2.34. The van der Waals surface area contributed by atoms with E-state index in [0.29, 0.717) is 16.8 Å². The number of carbonyl (C=O) groups excluding carboxylic acids is 1. The first kappa shape index (κ1) is 24.5. The summed E-state index contributed by atoms with van der Waals surface area (Å²) in [5.74, 6) is -0.514. The molecule has 1 aliphatic rings. The molecule has 4 aromatic rings. The first-order valence-corrected chi connectivity index (χ1v) is 13.7. The Kier molecular flexibility index (Phi) is 6.93. The number of carbonyl (C=O) groups is 1. The highest BCUT2D eigenvalue weighted by Gasteiger charge is 2.42. The van der Waals surface area contributed by atoms with Crippen LogP contribution in [-0.4, -0.2) is 25.8 Å². The first-order valence-electron chi connectivity index (χ1n) is 12.3. The number of rotatable bonds is 7. The Labute approximate surface area is 218 Å². The van der Waals surface area contributed by atoms with Crippen LogP contribution in [0.2, 0.25) is 0 Å². The minimum absolute atomic E-state index is 0.189. The van der Waals surface area contributed by atoms with Crippen LogP contribution in [0.15, 0.2) is 120 Å². The Hall–Kier alpha value is -4.16. The zero-order valence-corrected chi connectivity index (χ0v) is 21.4. The zero-order chi connectivity index (χ0) is 25.8. The van der Waals surface area contributed by atoms with Crippen LogP contribution in [0.5, 0.6) is 0 Å². The maximum absolute atomic E-state index is 14.4. The van der Waals surface area contributed by atoms with Crippen LogP contribution in [0.4, 0.5) is 5.69 Å². The predicted molar refractivity (Wildman–Crippen MR) is 148 cm³/mol. The molecule has 6 heteroatoms. The summed E-state index contributed by atoms with van der Waals surface area (Å²) in [6.45, 7) is 2.57. The van der Waals surface area contributed by atoms with Gasteiger partial charge in [-0.05, 0) is 29.7 Å². The fourth-order valence-corrected chi connectivity index (χ4v) is 6.61. The summed E-state index contributed by atoms with van der Waals surface area (Å²) in [7, 11) is -4.13. The van der Waals surface area contributed by atoms with Crippen LogP contribution in [0, 0.1) is 0 Å². The number of para-hydroxylation sites is 1. The summed E-state index contributed by atoms with van der Waals surface area (Å²) in [4.78, 5) is 15.9. The molecule has 0 aromatic heterocycles. The van der Waals surface area contributed by atoms with Crippen LogP contribution in [0.3, 0.4) is 0 Å². The molecule has 0 aliphatic carbocycles. The fraction of sp³-hybridized carbons (Fsp3) is 0.129. The van der Waals surface area contributed by atoms with E-state index in [4.69, 9.17) is 0 Å². The van der Waals surface area contributed by atoms with Gasteiger partial charge in [0.1, 0.15) is 0 Å². The predicted octanol–water partition coefficient (Wildman–Crippen LogP) is 5.84. The lowest BCUT2D eigenvalue weighted by atomic mass is 9.95. The summed E-state index contributed by atoms with van der Waals surface area (Å²) < 4.78 is 29.7. The average molecular weight is 509 g/mol. The molecule has 0 N–H and O–H groups in total. The molecule has 0 unspecified atom stereocenters. The van der Waals surface area contributed by atoms with Gasteiger partial charge in [0.15, 0.2) is 4.91 Å². The van der Waals surface area contributed by atoms with Gasteiger partial charge in [0.25, 0.3) is 15.9 Å². The molecule has 0 bridgehead atoms. The Balaban J connectivity index is 1.73. The maximum Gasteiger partial charge on any atom is 0.270 e. The molecule has 1 amide bonds. The molecule has 1 aliphatic heterocycles. The van der Waals surface area contributed by atoms with Crippen LogP contribution in [0.1, 0.15) is 29.2 Å². The van der Waals surface area contributed by atoms with Crippen LogP contribution in [-0.2, 0) is 27.9 Å². The molecule has 5 rings (SSSR count). The van der Waals surface area contributed by atoms with Crippen molar-refractivity contribution in [3.05, 3.63) is 142 Å². The summed E-state index contributed by atoms with van der Waals surface area (Å²) in [5.41, 5.74) is 4.30. The minimum atomic E-state index is -4.13. The van der Waals surface area contributed by atoms with Crippen LogP contribution in [0.25, 0.3) is 5.57 Å². The van der Waals surface area contributed by atoms with E-state index < -0.39 is 15.9 Å². The number of benzene rings is 4. The lowest BCUT2D eigenvalue weighted by molar-refractivity contribution is -0.127. The standard InChI is InChI=1S/C31H28N2O3S/c1-2-33-28-21-13-12-20-27(28)29(26-18-10-5-11-19-26)30(37(33,35)36)31(34)32(22-24-14-6-3-7-15-24)23-25-16-8-4-9-17-25/h3-21H,2,22-23H2,1H3. The molecule has 0 fully saturated rings. The van der Waals surface area contributed by atoms with Gasteiger partial charge >= 0.3 is 0 Å². The van der Waals surface area contributed by atoms with Crippen molar-refractivity contribution in [2.75, 3.05) is 10.8 Å². The minimum Gasteiger partial charge on any atom is -0.329 e. The molecule has 0 saturated carbocycles. The summed E-state index contributed by atoms with van der Waals surface area (Å²) >= 11 is 0. The van der Waals surface area contributed by atoms with Crippen molar-refractivity contribution in [1.29, 1.82) is 0 Å². The third kappa shape index (κ3) is 4.80. The smallest absolute Gasteiger partial charge is 0.270 e. The topological polar surface area (TPSA) is 57.7 Å². The second-order valence-corrected chi connectivity index (χ2v) is 10.7. The third-order valence-corrected chi connectivity index (χ3v) is 8.41. The van der Waals surface area contributed by atoms with E-state index in [1.807, 2.05) is 109 Å². The average Bonchev–Trinajstić information content (AvgIpc) is 2.93. The normalized spacial score (nSPS) is 14.2. The van der Waals surface area contributed by atoms with Gasteiger partial charge in [0, 0.05) is 30.8 Å². The second-order valence-electron chi connectivity index (χ2n) is 8.89.